The Hall–Kier alpha value is -2.61. The first-order valence-electron chi connectivity index (χ1n) is 5.09. The predicted molar refractivity (Wildman–Crippen MR) is 64.4 cm³/mol. The van der Waals surface area contributed by atoms with Crippen LogP contribution in [0, 0.1) is 6.92 Å². The first kappa shape index (κ1) is 11.9. The fraction of sp³-hybridized carbons (Fsp3) is 0.100. The van der Waals surface area contributed by atoms with Crippen molar-refractivity contribution in [2.45, 2.75) is 6.92 Å². The second kappa shape index (κ2) is 4.34. The maximum Gasteiger partial charge on any atom is 0.369 e. The lowest BCUT2D eigenvalue weighted by Gasteiger charge is -2.01. The molecule has 0 aliphatic rings. The minimum atomic E-state index is -0.455. The summed E-state index contributed by atoms with van der Waals surface area (Å²) in [5.41, 5.74) is 2.46. The monoisotopic (exact) mass is 248 g/mol. The summed E-state index contributed by atoms with van der Waals surface area (Å²) < 4.78 is 2.10. The van der Waals surface area contributed by atoms with Crippen LogP contribution in [0.15, 0.2) is 29.1 Å². The molecule has 8 nitrogen and oxygen atoms in total. The summed E-state index contributed by atoms with van der Waals surface area (Å²) in [6.45, 7) is 1.62. The van der Waals surface area contributed by atoms with Crippen LogP contribution in [0.2, 0.25) is 0 Å². The number of rotatable bonds is 2. The van der Waals surface area contributed by atoms with E-state index in [0.717, 1.165) is 9.36 Å². The van der Waals surface area contributed by atoms with Gasteiger partial charge >= 0.3 is 5.69 Å². The number of hydrogen-bond acceptors (Lipinski definition) is 5. The Morgan fingerprint density at radius 2 is 1.94 bits per heavy atom. The third kappa shape index (κ3) is 1.84. The summed E-state index contributed by atoms with van der Waals surface area (Å²) >= 11 is 0. The van der Waals surface area contributed by atoms with Crippen LogP contribution in [-0.2, 0) is 0 Å². The lowest BCUT2D eigenvalue weighted by atomic mass is 10.2. The number of nitrogens with two attached hydrogens (primary N) is 2. The number of benzene rings is 1. The minimum Gasteiger partial charge on any atom is -0.333 e. The van der Waals surface area contributed by atoms with E-state index in [0.29, 0.717) is 17.1 Å². The zero-order valence-corrected chi connectivity index (χ0v) is 9.62. The van der Waals surface area contributed by atoms with Gasteiger partial charge in [-0.1, -0.05) is 0 Å². The summed E-state index contributed by atoms with van der Waals surface area (Å²) in [7, 11) is 0. The molecule has 2 rings (SSSR count). The van der Waals surface area contributed by atoms with Crippen LogP contribution < -0.4 is 22.8 Å². The van der Waals surface area contributed by atoms with Gasteiger partial charge in [-0.3, -0.25) is 10.2 Å². The number of nitrogens with one attached hydrogen (secondary N) is 1. The van der Waals surface area contributed by atoms with Crippen molar-refractivity contribution >= 4 is 5.91 Å². The Bertz CT molecular complexity index is 639. The molecular weight excluding hydrogens is 236 g/mol. The van der Waals surface area contributed by atoms with E-state index < -0.39 is 11.6 Å². The van der Waals surface area contributed by atoms with Gasteiger partial charge in [0.1, 0.15) is 0 Å². The fourth-order valence-electron chi connectivity index (χ4n) is 1.48. The van der Waals surface area contributed by atoms with E-state index in [1.807, 2.05) is 5.43 Å². The van der Waals surface area contributed by atoms with Crippen molar-refractivity contribution in [3.8, 4) is 5.69 Å². The summed E-state index contributed by atoms with van der Waals surface area (Å²) in [5.74, 6) is 10.5. The number of aryl methyl sites for hydroxylation is 1. The summed E-state index contributed by atoms with van der Waals surface area (Å²) in [6.07, 6.45) is 0. The normalized spacial score (nSPS) is 10.3. The third-order valence-corrected chi connectivity index (χ3v) is 2.49. The molecule has 8 heteroatoms. The second-order valence-corrected chi connectivity index (χ2v) is 3.63. The van der Waals surface area contributed by atoms with Gasteiger partial charge in [-0.2, -0.15) is 9.36 Å². The van der Waals surface area contributed by atoms with E-state index in [2.05, 4.69) is 5.10 Å². The molecule has 0 aliphatic carbocycles. The van der Waals surface area contributed by atoms with E-state index in [-0.39, 0.29) is 0 Å². The van der Waals surface area contributed by atoms with Gasteiger partial charge in [0, 0.05) is 5.56 Å². The molecule has 0 saturated carbocycles. The first-order valence-corrected chi connectivity index (χ1v) is 5.09. The highest BCUT2D eigenvalue weighted by molar-refractivity contribution is 5.93. The smallest absolute Gasteiger partial charge is 0.333 e. The summed E-state index contributed by atoms with van der Waals surface area (Å²) in [4.78, 5) is 22.9. The van der Waals surface area contributed by atoms with E-state index in [1.165, 1.54) is 12.1 Å². The molecule has 0 bridgehead atoms. The number of hydrazine groups is 1. The SMILES string of the molecule is Cc1nn(-c2ccc(C(=O)NN)cc2)c(=O)n1N. The standard InChI is InChI=1S/C10H12N6O2/c1-6-14-16(10(18)15(6)12)8-4-2-7(3-5-8)9(17)13-11/h2-5H,11-12H2,1H3,(H,13,17). The molecule has 0 fully saturated rings. The van der Waals surface area contributed by atoms with Crippen molar-refractivity contribution < 1.29 is 4.79 Å². The van der Waals surface area contributed by atoms with Crippen LogP contribution in [0.3, 0.4) is 0 Å². The number of nitrogens with zero attached hydrogens (tertiary/aromatic N) is 3. The average Bonchev–Trinajstić information content (AvgIpc) is 2.66. The summed E-state index contributed by atoms with van der Waals surface area (Å²) in [5, 5.41) is 3.99. The molecule has 1 amide bonds. The van der Waals surface area contributed by atoms with Gasteiger partial charge in [-0.05, 0) is 31.2 Å². The third-order valence-electron chi connectivity index (χ3n) is 2.49. The number of carbonyl (C=O) groups excluding carboxylic acids is 1. The molecule has 1 aromatic heterocycles. The quantitative estimate of drug-likeness (QED) is 0.345. The van der Waals surface area contributed by atoms with Gasteiger partial charge in [-0.25, -0.2) is 10.6 Å². The second-order valence-electron chi connectivity index (χ2n) is 3.63. The number of nitrogen functional groups attached to an aromatic ring is 2. The Morgan fingerprint density at radius 1 is 1.33 bits per heavy atom. The summed E-state index contributed by atoms with van der Waals surface area (Å²) in [6, 6.07) is 6.24. The highest BCUT2D eigenvalue weighted by atomic mass is 16.2. The molecule has 94 valence electrons. The molecule has 0 radical (unpaired) electrons. The van der Waals surface area contributed by atoms with Crippen LogP contribution in [0.1, 0.15) is 16.2 Å². The van der Waals surface area contributed by atoms with Crippen LogP contribution in [0.5, 0.6) is 0 Å². The lowest BCUT2D eigenvalue weighted by Crippen LogP contribution is -2.30. The Morgan fingerprint density at radius 3 is 2.39 bits per heavy atom. The molecule has 0 saturated heterocycles. The molecule has 1 aromatic carbocycles. The molecule has 2 aromatic rings. The number of aromatic nitrogens is 3. The van der Waals surface area contributed by atoms with E-state index in [1.54, 1.807) is 19.1 Å². The van der Waals surface area contributed by atoms with Gasteiger partial charge in [0.15, 0.2) is 5.82 Å². The molecule has 0 aliphatic heterocycles. The van der Waals surface area contributed by atoms with Crippen LogP contribution in [0.4, 0.5) is 0 Å². The van der Waals surface area contributed by atoms with Crippen molar-refractivity contribution in [1.29, 1.82) is 0 Å². The van der Waals surface area contributed by atoms with Gasteiger partial charge < -0.3 is 5.84 Å². The molecule has 1 heterocycles. The van der Waals surface area contributed by atoms with Crippen molar-refractivity contribution in [2.75, 3.05) is 5.84 Å². The van der Waals surface area contributed by atoms with Crippen LogP contribution in [0.25, 0.3) is 5.69 Å². The Kier molecular flexibility index (Phi) is 2.86. The molecule has 0 unspecified atom stereocenters. The van der Waals surface area contributed by atoms with Crippen LogP contribution >= 0.6 is 0 Å². The van der Waals surface area contributed by atoms with Gasteiger partial charge in [0.05, 0.1) is 5.69 Å². The highest BCUT2D eigenvalue weighted by Crippen LogP contribution is 2.07. The zero-order valence-electron chi connectivity index (χ0n) is 9.62. The maximum absolute atomic E-state index is 11.7. The lowest BCUT2D eigenvalue weighted by molar-refractivity contribution is 0.0953. The number of hydrogen-bond donors (Lipinski definition) is 3. The van der Waals surface area contributed by atoms with Gasteiger partial charge in [0.2, 0.25) is 0 Å². The Labute approximate surface area is 102 Å². The fourth-order valence-corrected chi connectivity index (χ4v) is 1.48. The average molecular weight is 248 g/mol. The Balaban J connectivity index is 2.43. The first-order chi connectivity index (χ1) is 8.54. The van der Waals surface area contributed by atoms with Gasteiger partial charge in [0.25, 0.3) is 5.91 Å². The van der Waals surface area contributed by atoms with Crippen molar-refractivity contribution in [2.24, 2.45) is 5.84 Å². The van der Waals surface area contributed by atoms with E-state index >= 15 is 0 Å². The molecule has 18 heavy (non-hydrogen) atoms. The molecule has 0 spiro atoms. The van der Waals surface area contributed by atoms with Crippen molar-refractivity contribution in [3.05, 3.63) is 46.1 Å². The molecule has 0 atom stereocenters. The molecular formula is C10H12N6O2. The molecule has 5 N–H and O–H groups in total. The van der Waals surface area contributed by atoms with Gasteiger partial charge in [-0.15, -0.1) is 5.10 Å². The van der Waals surface area contributed by atoms with E-state index in [4.69, 9.17) is 11.7 Å². The zero-order chi connectivity index (χ0) is 13.3. The predicted octanol–water partition coefficient (Wildman–Crippen LogP) is -1.34. The van der Waals surface area contributed by atoms with E-state index in [9.17, 15) is 9.59 Å². The van der Waals surface area contributed by atoms with Crippen molar-refractivity contribution in [3.63, 3.8) is 0 Å². The largest absolute Gasteiger partial charge is 0.369 e. The van der Waals surface area contributed by atoms with Crippen molar-refractivity contribution in [1.82, 2.24) is 19.9 Å². The maximum atomic E-state index is 11.7. The number of carbonyl (C=O) groups is 1. The number of amides is 1. The minimum absolute atomic E-state index is 0.387. The highest BCUT2D eigenvalue weighted by Gasteiger charge is 2.10. The topological polar surface area (TPSA) is 121 Å². The van der Waals surface area contributed by atoms with Crippen LogP contribution in [-0.4, -0.2) is 20.4 Å².